The highest BCUT2D eigenvalue weighted by molar-refractivity contribution is 6.67. The number of alkyl halides is 3. The van der Waals surface area contributed by atoms with Gasteiger partial charge in [-0.1, -0.05) is 248 Å². The summed E-state index contributed by atoms with van der Waals surface area (Å²) in [5.41, 5.74) is 4.89. The van der Waals surface area contributed by atoms with E-state index in [-0.39, 0.29) is 65.9 Å². The summed E-state index contributed by atoms with van der Waals surface area (Å²) in [6.07, 6.45) is -17.1. The van der Waals surface area contributed by atoms with Crippen LogP contribution in [0.5, 0.6) is 5.75 Å². The fourth-order valence-corrected chi connectivity index (χ4v) is 13.1. The molecule has 0 radical (unpaired) electrons. The van der Waals surface area contributed by atoms with Gasteiger partial charge in [0.2, 0.25) is 3.79 Å². The molecule has 7 aromatic rings. The monoisotopic (exact) mass is 1590 g/mol. The van der Waals surface area contributed by atoms with Gasteiger partial charge in [-0.15, -0.1) is 6.58 Å². The van der Waals surface area contributed by atoms with E-state index in [2.05, 4.69) is 23.8 Å². The van der Waals surface area contributed by atoms with Gasteiger partial charge in [0.05, 0.1) is 66.1 Å². The molecule has 0 saturated carbocycles. The number of fused-ring (bicyclic) bond motifs is 1. The lowest BCUT2D eigenvalue weighted by molar-refractivity contribution is -0.356. The predicted molar refractivity (Wildman–Crippen MR) is 404 cm³/mol. The van der Waals surface area contributed by atoms with Crippen LogP contribution in [0.2, 0.25) is 0 Å². The Balaban J connectivity index is 1.02. The van der Waals surface area contributed by atoms with Gasteiger partial charge < -0.3 is 101 Å². The number of methoxy groups -OCH3 is 1. The molecule has 592 valence electrons. The average molecular weight is 1590 g/mol. The summed E-state index contributed by atoms with van der Waals surface area (Å²) in [5, 5.41) is 5.63. The molecule has 28 heteroatoms. The van der Waals surface area contributed by atoms with Crippen LogP contribution in [-0.2, 0) is 136 Å². The number of carbonyl (C=O) groups excluding carboxylic acids is 4. The number of hydrogen-bond donors (Lipinski definition) is 2. The van der Waals surface area contributed by atoms with Gasteiger partial charge in [-0.25, -0.2) is 19.2 Å². The maximum atomic E-state index is 15.9. The predicted octanol–water partition coefficient (Wildman–Crippen LogP) is 13.4. The molecule has 4 aliphatic rings. The van der Waals surface area contributed by atoms with E-state index < -0.39 is 145 Å². The maximum Gasteiger partial charge on any atom is 0.509 e. The highest BCUT2D eigenvalue weighted by Gasteiger charge is 2.63. The van der Waals surface area contributed by atoms with E-state index in [1.54, 1.807) is 74.5 Å². The lowest BCUT2D eigenvalue weighted by Crippen LogP contribution is -2.68. The van der Waals surface area contributed by atoms with Crippen LogP contribution in [0.3, 0.4) is 0 Å². The highest BCUT2D eigenvalue weighted by atomic mass is 35.6. The minimum absolute atomic E-state index is 0.0302. The van der Waals surface area contributed by atoms with Gasteiger partial charge in [-0.3, -0.25) is 0 Å². The van der Waals surface area contributed by atoms with Crippen LogP contribution in [0.4, 0.5) is 14.4 Å². The first-order valence-corrected chi connectivity index (χ1v) is 37.3. The zero-order valence-corrected chi connectivity index (χ0v) is 63.8. The molecule has 7 aromatic carbocycles. The molecule has 4 fully saturated rings. The first-order chi connectivity index (χ1) is 53.8. The van der Waals surface area contributed by atoms with Crippen molar-refractivity contribution in [1.82, 2.24) is 10.6 Å². The van der Waals surface area contributed by atoms with Crippen molar-refractivity contribution in [2.24, 2.45) is 0 Å². The summed E-state index contributed by atoms with van der Waals surface area (Å²) < 4.78 is 122. The Bertz CT molecular complexity index is 3970. The Morgan fingerprint density at radius 2 is 0.937 bits per heavy atom. The fraction of sp³-hybridized carbons (Fsp3) is 0.398. The molecule has 0 unspecified atom stereocenters. The SMILES string of the molecule is C=CCOC(=O)N[C@H]1[C@@H](OCC=C)O[C@H](CO[C@@H]2O[C@H](CO[C@]3(C(=O)OCc4ccccc4)C[C@H]4OC(C)(C)O[C@H]4[C@@H](C(OCc4ccccc4)OCc4ccccc4)O3)[C@@H](OCc3ccccc3)[C@H](OCc3ccc(OC)cc3)[C@H]2NC(=O)OCC(Cl)(Cl)Cl)[C@@H](OCc2ccccc2)[C@@H]1OC(=O)OCc1ccccc1. The van der Waals surface area contributed by atoms with Gasteiger partial charge in [0, 0.05) is 6.42 Å². The highest BCUT2D eigenvalue weighted by Crippen LogP contribution is 2.45. The largest absolute Gasteiger partial charge is 0.509 e. The summed E-state index contributed by atoms with van der Waals surface area (Å²) in [7, 11) is 1.54. The molecule has 2 N–H and O–H groups in total. The van der Waals surface area contributed by atoms with E-state index in [9.17, 15) is 14.4 Å². The number of hydrogen-bond acceptors (Lipinski definition) is 23. The third-order valence-corrected chi connectivity index (χ3v) is 18.4. The van der Waals surface area contributed by atoms with Crippen LogP contribution in [0.25, 0.3) is 0 Å². The molecule has 111 heavy (non-hydrogen) atoms. The third kappa shape index (κ3) is 24.7. The summed E-state index contributed by atoms with van der Waals surface area (Å²) >= 11 is 18.7. The van der Waals surface area contributed by atoms with Crippen molar-refractivity contribution in [3.63, 3.8) is 0 Å². The number of rotatable bonds is 37. The lowest BCUT2D eigenvalue weighted by Gasteiger charge is -2.49. The minimum atomic E-state index is -2.44. The number of benzene rings is 7. The molecule has 4 saturated heterocycles. The standard InChI is InChI=1S/C83H91Cl3N2O23/c1-6-42-94-74-67(88-78(90)95-43-7-2)72(108-80(92)103-51-60-36-24-13-25-37-60)69(97-46-56-28-16-9-17-29-56)64(106-74)52-101-75-66(87-79(91)104-54-83(84,85)86)71(98-47-61-38-40-62(93-5)41-39-61)68(96-45-55-26-14-8-15-27-55)65(107-75)53-105-82(77(89)102-50-59-34-22-12-23-35-59)44-63-70(110-81(3,4)109-63)73(111-82)76(99-48-57-30-18-10-19-31-57)100-49-58-32-20-11-21-33-58/h6-41,63-76H,1-2,42-54H2,3-5H3,(H,87,91)(H,88,90)/t63-,64-,65-,66-,67-,68-,69-,70-,71-,72-,73+,74+,75-,82-/m1/s1. The minimum Gasteiger partial charge on any atom is -0.497 e. The van der Waals surface area contributed by atoms with Crippen LogP contribution in [-0.4, -0.2) is 166 Å². The van der Waals surface area contributed by atoms with Gasteiger partial charge in [0.15, 0.2) is 30.8 Å². The van der Waals surface area contributed by atoms with Gasteiger partial charge >= 0.3 is 24.3 Å². The molecule has 14 atom stereocenters. The van der Waals surface area contributed by atoms with Crippen molar-refractivity contribution in [1.29, 1.82) is 0 Å². The van der Waals surface area contributed by atoms with Crippen LogP contribution in [0.15, 0.2) is 232 Å². The number of nitrogens with one attached hydrogen (secondary N) is 2. The van der Waals surface area contributed by atoms with E-state index in [4.69, 9.17) is 125 Å². The molecule has 0 aromatic heterocycles. The van der Waals surface area contributed by atoms with Crippen LogP contribution in [0, 0.1) is 0 Å². The zero-order chi connectivity index (χ0) is 78.0. The Labute approximate surface area is 659 Å². The first-order valence-electron chi connectivity index (χ1n) is 36.2. The lowest BCUT2D eigenvalue weighted by atomic mass is 9.93. The normalized spacial score (nSPS) is 24.8. The van der Waals surface area contributed by atoms with E-state index in [1.165, 1.54) is 19.3 Å². The Morgan fingerprint density at radius 1 is 0.495 bits per heavy atom. The average Bonchev–Trinajstić information content (AvgIpc) is 1.66. The topological polar surface area (TPSA) is 268 Å². The van der Waals surface area contributed by atoms with Gasteiger partial charge in [0.1, 0.15) is 87.0 Å². The number of carbonyl (C=O) groups is 4. The number of ether oxygens (including phenoxy) is 19. The molecule has 0 bridgehead atoms. The Hall–Kier alpha value is -8.55. The van der Waals surface area contributed by atoms with Crippen molar-refractivity contribution in [3.8, 4) is 5.75 Å². The summed E-state index contributed by atoms with van der Waals surface area (Å²) in [6, 6.07) is 59.3. The molecule has 0 aliphatic carbocycles. The second-order valence-electron chi connectivity index (χ2n) is 26.7. The van der Waals surface area contributed by atoms with Crippen LogP contribution < -0.4 is 15.4 Å². The molecule has 2 amide bonds. The van der Waals surface area contributed by atoms with Crippen molar-refractivity contribution in [3.05, 3.63) is 271 Å². The molecule has 0 spiro atoms. The quantitative estimate of drug-likeness (QED) is 0.0120. The molecule has 25 nitrogen and oxygen atoms in total. The van der Waals surface area contributed by atoms with Gasteiger partial charge in [-0.2, -0.15) is 0 Å². The number of alkyl carbamates (subject to hydrolysis) is 2. The van der Waals surface area contributed by atoms with Crippen molar-refractivity contribution < 1.29 is 109 Å². The van der Waals surface area contributed by atoms with Crippen LogP contribution in [0.1, 0.15) is 59.2 Å². The van der Waals surface area contributed by atoms with Crippen molar-refractivity contribution in [2.75, 3.05) is 40.1 Å². The van der Waals surface area contributed by atoms with Crippen LogP contribution >= 0.6 is 34.8 Å². The van der Waals surface area contributed by atoms with Crippen molar-refractivity contribution >= 4 is 59.1 Å². The summed E-state index contributed by atoms with van der Waals surface area (Å²) in [5.74, 6) is -4.12. The zero-order valence-electron chi connectivity index (χ0n) is 61.5. The molecule has 11 rings (SSSR count). The van der Waals surface area contributed by atoms with E-state index >= 15 is 4.79 Å². The van der Waals surface area contributed by atoms with E-state index in [0.29, 0.717) is 33.6 Å². The maximum absolute atomic E-state index is 15.9. The number of halogens is 3. The van der Waals surface area contributed by atoms with Gasteiger partial charge in [-0.05, 0) is 64.9 Å². The summed E-state index contributed by atoms with van der Waals surface area (Å²) in [6.45, 7) is 7.89. The molecule has 4 heterocycles. The van der Waals surface area contributed by atoms with E-state index in [1.807, 2.05) is 146 Å². The molecule has 4 aliphatic heterocycles. The first kappa shape index (κ1) is 83.4. The number of esters is 1. The second kappa shape index (κ2) is 41.3. The summed E-state index contributed by atoms with van der Waals surface area (Å²) in [4.78, 5) is 58.6. The smallest absolute Gasteiger partial charge is 0.497 e. The molecular formula is C83H91Cl3N2O23. The second-order valence-corrected chi connectivity index (χ2v) is 29.2. The Kier molecular flexibility index (Phi) is 31.0. The fourth-order valence-electron chi connectivity index (χ4n) is 12.9. The van der Waals surface area contributed by atoms with E-state index in [0.717, 1.165) is 11.1 Å². The number of amides is 2. The Morgan fingerprint density at radius 3 is 1.44 bits per heavy atom. The third-order valence-electron chi connectivity index (χ3n) is 18.1. The molecular weight excluding hydrogens is 1500 g/mol. The van der Waals surface area contributed by atoms with Crippen molar-refractivity contribution in [2.45, 2.75) is 168 Å². The van der Waals surface area contributed by atoms with Gasteiger partial charge in [0.25, 0.3) is 5.79 Å².